The van der Waals surface area contributed by atoms with Crippen LogP contribution >= 0.6 is 0 Å². The SMILES string of the molecule is CCOC(=O)c1c(C)[nH]c(C=C(C#N)C(=N)N2CCOCC2)c1O. The van der Waals surface area contributed by atoms with Gasteiger partial charge in [-0.2, -0.15) is 5.26 Å². The fraction of sp³-hybridized carbons (Fsp3) is 0.438. The van der Waals surface area contributed by atoms with Crippen LogP contribution in [0, 0.1) is 23.7 Å². The van der Waals surface area contributed by atoms with Gasteiger partial charge in [-0.05, 0) is 19.9 Å². The van der Waals surface area contributed by atoms with Gasteiger partial charge in [-0.15, -0.1) is 0 Å². The van der Waals surface area contributed by atoms with Crippen LogP contribution < -0.4 is 0 Å². The van der Waals surface area contributed by atoms with E-state index >= 15 is 0 Å². The van der Waals surface area contributed by atoms with Crippen LogP contribution in [0.5, 0.6) is 5.75 Å². The van der Waals surface area contributed by atoms with Crippen molar-refractivity contribution in [3.63, 3.8) is 0 Å². The fourth-order valence-electron chi connectivity index (χ4n) is 2.45. The number of nitrogens with zero attached hydrogens (tertiary/aromatic N) is 2. The number of morpholine rings is 1. The summed E-state index contributed by atoms with van der Waals surface area (Å²) in [6, 6.07) is 1.96. The largest absolute Gasteiger partial charge is 0.505 e. The third kappa shape index (κ3) is 3.58. The van der Waals surface area contributed by atoms with E-state index in [2.05, 4.69) is 4.98 Å². The van der Waals surface area contributed by atoms with Crippen LogP contribution in [0.2, 0.25) is 0 Å². The Kier molecular flexibility index (Phi) is 5.60. The lowest BCUT2D eigenvalue weighted by Crippen LogP contribution is -2.40. The summed E-state index contributed by atoms with van der Waals surface area (Å²) in [7, 11) is 0. The number of rotatable bonds is 4. The minimum atomic E-state index is -0.634. The number of amidine groups is 1. The Balaban J connectivity index is 2.31. The van der Waals surface area contributed by atoms with E-state index in [1.165, 1.54) is 6.08 Å². The van der Waals surface area contributed by atoms with Crippen molar-refractivity contribution in [2.75, 3.05) is 32.9 Å². The molecule has 0 amide bonds. The summed E-state index contributed by atoms with van der Waals surface area (Å²) >= 11 is 0. The van der Waals surface area contributed by atoms with Crippen LogP contribution in [0.4, 0.5) is 0 Å². The number of nitrogens with one attached hydrogen (secondary N) is 2. The van der Waals surface area contributed by atoms with Crippen molar-refractivity contribution in [3.05, 3.63) is 22.5 Å². The number of aryl methyl sites for hydroxylation is 1. The lowest BCUT2D eigenvalue weighted by molar-refractivity contribution is 0.0522. The number of aromatic hydroxyl groups is 1. The molecule has 0 aromatic carbocycles. The smallest absolute Gasteiger partial charge is 0.343 e. The van der Waals surface area contributed by atoms with Crippen molar-refractivity contribution in [1.82, 2.24) is 9.88 Å². The first-order valence-corrected chi connectivity index (χ1v) is 7.61. The normalized spacial score (nSPS) is 15.0. The van der Waals surface area contributed by atoms with Gasteiger partial charge in [0.25, 0.3) is 0 Å². The molecule has 128 valence electrons. The predicted octanol–water partition coefficient (Wildman–Crippen LogP) is 1.42. The van der Waals surface area contributed by atoms with Crippen LogP contribution in [-0.2, 0) is 9.47 Å². The summed E-state index contributed by atoms with van der Waals surface area (Å²) in [5.74, 6) is -0.858. The highest BCUT2D eigenvalue weighted by atomic mass is 16.5. The zero-order valence-corrected chi connectivity index (χ0v) is 13.7. The summed E-state index contributed by atoms with van der Waals surface area (Å²) in [5, 5.41) is 27.8. The maximum Gasteiger partial charge on any atom is 0.343 e. The van der Waals surface area contributed by atoms with Crippen molar-refractivity contribution < 1.29 is 19.4 Å². The Morgan fingerprint density at radius 1 is 1.54 bits per heavy atom. The van der Waals surface area contributed by atoms with Crippen LogP contribution in [0.15, 0.2) is 5.57 Å². The van der Waals surface area contributed by atoms with E-state index in [9.17, 15) is 15.2 Å². The van der Waals surface area contributed by atoms with Crippen molar-refractivity contribution in [2.45, 2.75) is 13.8 Å². The highest BCUT2D eigenvalue weighted by Crippen LogP contribution is 2.28. The third-order valence-electron chi connectivity index (χ3n) is 3.66. The molecule has 0 atom stereocenters. The number of aromatic nitrogens is 1. The van der Waals surface area contributed by atoms with E-state index in [1.807, 2.05) is 6.07 Å². The highest BCUT2D eigenvalue weighted by molar-refractivity contribution is 6.04. The van der Waals surface area contributed by atoms with Gasteiger partial charge in [-0.1, -0.05) is 0 Å². The van der Waals surface area contributed by atoms with Gasteiger partial charge in [0.1, 0.15) is 17.5 Å². The van der Waals surface area contributed by atoms with Crippen LogP contribution in [-0.4, -0.2) is 59.7 Å². The molecule has 8 nitrogen and oxygen atoms in total. The molecule has 1 fully saturated rings. The summed E-state index contributed by atoms with van der Waals surface area (Å²) < 4.78 is 10.1. The molecule has 0 bridgehead atoms. The van der Waals surface area contributed by atoms with E-state index in [-0.39, 0.29) is 35.0 Å². The Hall–Kier alpha value is -2.79. The first kappa shape index (κ1) is 17.6. The topological polar surface area (TPSA) is 122 Å². The number of esters is 1. The van der Waals surface area contributed by atoms with Gasteiger partial charge in [0, 0.05) is 18.8 Å². The third-order valence-corrected chi connectivity index (χ3v) is 3.66. The summed E-state index contributed by atoms with van der Waals surface area (Å²) in [4.78, 5) is 16.5. The van der Waals surface area contributed by atoms with Gasteiger partial charge in [0.2, 0.25) is 0 Å². The number of hydrogen-bond donors (Lipinski definition) is 3. The summed E-state index contributed by atoms with van der Waals surface area (Å²) in [6.45, 7) is 5.56. The molecular weight excluding hydrogens is 312 g/mol. The number of carbonyl (C=O) groups is 1. The second kappa shape index (κ2) is 7.66. The molecular formula is C16H20N4O4. The second-order valence-electron chi connectivity index (χ2n) is 5.23. The minimum Gasteiger partial charge on any atom is -0.505 e. The zero-order chi connectivity index (χ0) is 17.7. The molecule has 24 heavy (non-hydrogen) atoms. The van der Waals surface area contributed by atoms with Crippen molar-refractivity contribution >= 4 is 17.9 Å². The van der Waals surface area contributed by atoms with E-state index in [1.54, 1.807) is 18.7 Å². The maximum atomic E-state index is 11.9. The van der Waals surface area contributed by atoms with Crippen LogP contribution in [0.3, 0.4) is 0 Å². The molecule has 3 N–H and O–H groups in total. The Labute approximate surface area is 139 Å². The molecule has 0 aliphatic carbocycles. The fourth-order valence-corrected chi connectivity index (χ4v) is 2.45. The quantitative estimate of drug-likeness (QED) is 0.332. The molecule has 1 saturated heterocycles. The molecule has 8 heteroatoms. The molecule has 0 saturated carbocycles. The summed E-state index contributed by atoms with van der Waals surface area (Å²) in [5.41, 5.74) is 0.764. The molecule has 1 aromatic heterocycles. The average molecular weight is 332 g/mol. The van der Waals surface area contributed by atoms with E-state index in [0.29, 0.717) is 32.0 Å². The lowest BCUT2D eigenvalue weighted by atomic mass is 10.1. The standard InChI is InChI=1S/C16H20N4O4/c1-3-24-16(22)13-10(2)19-12(14(13)21)8-11(9-17)15(18)20-4-6-23-7-5-20/h8,18-19,21H,3-7H2,1-2H3. The van der Waals surface area contributed by atoms with E-state index in [0.717, 1.165) is 0 Å². The van der Waals surface area contributed by atoms with Crippen molar-refractivity contribution in [3.8, 4) is 11.8 Å². The second-order valence-corrected chi connectivity index (χ2v) is 5.23. The molecule has 1 aromatic rings. The number of ether oxygens (including phenoxy) is 2. The number of carbonyl (C=O) groups excluding carboxylic acids is 1. The van der Waals surface area contributed by atoms with Crippen LogP contribution in [0.1, 0.15) is 28.7 Å². The van der Waals surface area contributed by atoms with Gasteiger partial charge in [-0.3, -0.25) is 5.41 Å². The number of aromatic amines is 1. The molecule has 0 radical (unpaired) electrons. The van der Waals surface area contributed by atoms with Gasteiger partial charge in [0.15, 0.2) is 5.75 Å². The Morgan fingerprint density at radius 3 is 2.79 bits per heavy atom. The first-order chi connectivity index (χ1) is 11.5. The van der Waals surface area contributed by atoms with E-state index < -0.39 is 5.97 Å². The summed E-state index contributed by atoms with van der Waals surface area (Å²) in [6.07, 6.45) is 1.36. The van der Waals surface area contributed by atoms with Gasteiger partial charge < -0.3 is 24.5 Å². The van der Waals surface area contributed by atoms with Gasteiger partial charge in [-0.25, -0.2) is 4.79 Å². The Morgan fingerprint density at radius 2 is 2.21 bits per heavy atom. The van der Waals surface area contributed by atoms with Crippen molar-refractivity contribution in [1.29, 1.82) is 10.7 Å². The molecule has 0 spiro atoms. The molecule has 1 aliphatic heterocycles. The van der Waals surface area contributed by atoms with E-state index in [4.69, 9.17) is 14.9 Å². The number of nitriles is 1. The molecule has 2 heterocycles. The maximum absolute atomic E-state index is 11.9. The monoisotopic (exact) mass is 332 g/mol. The first-order valence-electron chi connectivity index (χ1n) is 7.61. The zero-order valence-electron chi connectivity index (χ0n) is 13.7. The molecule has 1 aliphatic rings. The lowest BCUT2D eigenvalue weighted by Gasteiger charge is -2.28. The number of H-pyrrole nitrogens is 1. The minimum absolute atomic E-state index is 0.0401. The predicted molar refractivity (Wildman–Crippen MR) is 86.9 cm³/mol. The highest BCUT2D eigenvalue weighted by Gasteiger charge is 2.23. The average Bonchev–Trinajstić information content (AvgIpc) is 2.86. The van der Waals surface area contributed by atoms with Gasteiger partial charge >= 0.3 is 5.97 Å². The van der Waals surface area contributed by atoms with Gasteiger partial charge in [0.05, 0.1) is 31.1 Å². The number of hydrogen-bond acceptors (Lipinski definition) is 6. The Bertz CT molecular complexity index is 708. The van der Waals surface area contributed by atoms with Crippen LogP contribution in [0.25, 0.3) is 6.08 Å². The van der Waals surface area contributed by atoms with Crippen molar-refractivity contribution in [2.24, 2.45) is 0 Å². The molecule has 2 rings (SSSR count). The molecule has 0 unspecified atom stereocenters.